The van der Waals surface area contributed by atoms with Crippen LogP contribution in [0.15, 0.2) is 35.7 Å². The molecule has 1 heterocycles. The quantitative estimate of drug-likeness (QED) is 0.303. The van der Waals surface area contributed by atoms with Crippen molar-refractivity contribution in [1.29, 1.82) is 0 Å². The molecule has 100 valence electrons. The first-order valence-corrected chi connectivity index (χ1v) is 6.53. The number of rotatable bonds is 5. The highest BCUT2D eigenvalue weighted by molar-refractivity contribution is 7.98. The van der Waals surface area contributed by atoms with E-state index in [9.17, 15) is 4.79 Å². The lowest BCUT2D eigenvalue weighted by atomic mass is 10.1. The van der Waals surface area contributed by atoms with Gasteiger partial charge in [-0.05, 0) is 11.1 Å². The molecule has 0 radical (unpaired) electrons. The predicted octanol–water partition coefficient (Wildman–Crippen LogP) is -0.183. The molecule has 0 saturated heterocycles. The molecule has 0 saturated carbocycles. The van der Waals surface area contributed by atoms with Gasteiger partial charge in [0.2, 0.25) is 11.1 Å². The number of nitrogens with zero attached hydrogens (tertiary/aromatic N) is 3. The number of nitrogens with two attached hydrogens (primary N) is 2. The number of thioether (sulfide) groups is 1. The molecule has 2 aromatic rings. The fourth-order valence-electron chi connectivity index (χ4n) is 1.47. The number of aromatic nitrogens is 3. The monoisotopic (exact) mass is 278 g/mol. The molecule has 0 atom stereocenters. The van der Waals surface area contributed by atoms with Crippen molar-refractivity contribution in [2.45, 2.75) is 17.3 Å². The lowest BCUT2D eigenvalue weighted by Gasteiger charge is -2.03. The lowest BCUT2D eigenvalue weighted by Crippen LogP contribution is -2.31. The number of carbonyl (C=O) groups excluding carboxylic acids is 1. The molecular weight excluding hydrogens is 264 g/mol. The molecule has 0 aliphatic rings. The molecule has 1 aromatic heterocycles. The average Bonchev–Trinajstić information content (AvgIpc) is 2.83. The average molecular weight is 278 g/mol. The minimum Gasteiger partial charge on any atom is -0.336 e. The number of amides is 1. The molecule has 5 N–H and O–H groups in total. The summed E-state index contributed by atoms with van der Waals surface area (Å²) >= 11 is 1.50. The van der Waals surface area contributed by atoms with Crippen LogP contribution in [-0.2, 0) is 17.0 Å². The Balaban J connectivity index is 1.92. The fourth-order valence-corrected chi connectivity index (χ4v) is 2.26. The van der Waals surface area contributed by atoms with Gasteiger partial charge in [-0.1, -0.05) is 36.0 Å². The van der Waals surface area contributed by atoms with Gasteiger partial charge < -0.3 is 5.84 Å². The van der Waals surface area contributed by atoms with Gasteiger partial charge in [-0.15, -0.1) is 10.2 Å². The van der Waals surface area contributed by atoms with Crippen LogP contribution in [0.5, 0.6) is 0 Å². The first-order chi connectivity index (χ1) is 9.19. The molecule has 19 heavy (non-hydrogen) atoms. The molecule has 0 aliphatic heterocycles. The predicted molar refractivity (Wildman–Crippen MR) is 72.2 cm³/mol. The van der Waals surface area contributed by atoms with Crippen LogP contribution in [0.2, 0.25) is 0 Å². The highest BCUT2D eigenvalue weighted by Crippen LogP contribution is 2.19. The van der Waals surface area contributed by atoms with Crippen LogP contribution >= 0.6 is 11.8 Å². The third kappa shape index (κ3) is 3.70. The van der Waals surface area contributed by atoms with Crippen molar-refractivity contribution >= 4 is 17.7 Å². The second-order valence-electron chi connectivity index (χ2n) is 3.87. The van der Waals surface area contributed by atoms with Crippen LogP contribution in [0.4, 0.5) is 0 Å². The Bertz CT molecular complexity index is 553. The third-order valence-corrected chi connectivity index (χ3v) is 3.49. The SMILES string of the molecule is NNC(=O)Cc1ccc(CSc2nncn2N)cc1. The van der Waals surface area contributed by atoms with Gasteiger partial charge in [-0.3, -0.25) is 10.2 Å². The van der Waals surface area contributed by atoms with E-state index in [-0.39, 0.29) is 12.3 Å². The maximum absolute atomic E-state index is 11.1. The number of benzene rings is 1. The van der Waals surface area contributed by atoms with Crippen molar-refractivity contribution in [3.63, 3.8) is 0 Å². The van der Waals surface area contributed by atoms with E-state index < -0.39 is 0 Å². The van der Waals surface area contributed by atoms with Gasteiger partial charge in [0.1, 0.15) is 6.33 Å². The van der Waals surface area contributed by atoms with E-state index in [0.29, 0.717) is 5.16 Å². The summed E-state index contributed by atoms with van der Waals surface area (Å²) in [5.41, 5.74) is 4.13. The second-order valence-corrected chi connectivity index (χ2v) is 4.81. The van der Waals surface area contributed by atoms with E-state index in [4.69, 9.17) is 11.7 Å². The summed E-state index contributed by atoms with van der Waals surface area (Å²) in [7, 11) is 0. The smallest absolute Gasteiger partial charge is 0.238 e. The topological polar surface area (TPSA) is 112 Å². The first-order valence-electron chi connectivity index (χ1n) is 5.54. The standard InChI is InChI=1S/C11H14N6OS/c12-15-10(18)5-8-1-3-9(4-2-8)6-19-11-16-14-7-17(11)13/h1-4,7H,5-6,12-13H2,(H,15,18). The highest BCUT2D eigenvalue weighted by Gasteiger charge is 2.04. The van der Waals surface area contributed by atoms with Gasteiger partial charge in [-0.2, -0.15) is 0 Å². The Morgan fingerprint density at radius 1 is 1.32 bits per heavy atom. The van der Waals surface area contributed by atoms with Crippen LogP contribution in [0, 0.1) is 0 Å². The molecule has 7 nitrogen and oxygen atoms in total. The normalized spacial score (nSPS) is 10.4. The number of hydrazine groups is 1. The summed E-state index contributed by atoms with van der Waals surface area (Å²) in [5, 5.41) is 8.24. The Kier molecular flexibility index (Phi) is 4.37. The van der Waals surface area contributed by atoms with Crippen LogP contribution in [0.3, 0.4) is 0 Å². The van der Waals surface area contributed by atoms with Crippen LogP contribution < -0.4 is 17.1 Å². The molecular formula is C11H14N6OS. The highest BCUT2D eigenvalue weighted by atomic mass is 32.2. The summed E-state index contributed by atoms with van der Waals surface area (Å²) < 4.78 is 1.38. The first kappa shape index (κ1) is 13.4. The van der Waals surface area contributed by atoms with E-state index in [1.54, 1.807) is 0 Å². The van der Waals surface area contributed by atoms with Gasteiger partial charge in [0.05, 0.1) is 6.42 Å². The summed E-state index contributed by atoms with van der Waals surface area (Å²) in [6.45, 7) is 0. The Labute approximate surface area is 114 Å². The van der Waals surface area contributed by atoms with Gasteiger partial charge in [0, 0.05) is 5.75 Å². The fraction of sp³-hybridized carbons (Fsp3) is 0.182. The van der Waals surface area contributed by atoms with E-state index in [1.165, 1.54) is 22.8 Å². The molecule has 1 aromatic carbocycles. The molecule has 0 unspecified atom stereocenters. The largest absolute Gasteiger partial charge is 0.336 e. The zero-order chi connectivity index (χ0) is 13.7. The van der Waals surface area contributed by atoms with E-state index in [0.717, 1.165) is 16.9 Å². The summed E-state index contributed by atoms with van der Waals surface area (Å²) in [5.74, 6) is 11.2. The van der Waals surface area contributed by atoms with Gasteiger partial charge in [0.25, 0.3) is 0 Å². The number of nitrogens with one attached hydrogen (secondary N) is 1. The van der Waals surface area contributed by atoms with Gasteiger partial charge >= 0.3 is 0 Å². The molecule has 0 spiro atoms. The Morgan fingerprint density at radius 2 is 2.00 bits per heavy atom. The maximum Gasteiger partial charge on any atom is 0.238 e. The number of hydrogen-bond acceptors (Lipinski definition) is 6. The van der Waals surface area contributed by atoms with E-state index in [2.05, 4.69) is 15.6 Å². The maximum atomic E-state index is 11.1. The molecule has 1 amide bonds. The van der Waals surface area contributed by atoms with Gasteiger partial charge in [0.15, 0.2) is 0 Å². The Hall–Kier alpha value is -2.06. The van der Waals surface area contributed by atoms with Crippen molar-refractivity contribution in [1.82, 2.24) is 20.3 Å². The van der Waals surface area contributed by atoms with Crippen LogP contribution in [-0.4, -0.2) is 20.8 Å². The number of nitrogen functional groups attached to an aromatic ring is 1. The minimum absolute atomic E-state index is 0.210. The molecule has 0 aliphatic carbocycles. The van der Waals surface area contributed by atoms with Gasteiger partial charge in [-0.25, -0.2) is 10.5 Å². The van der Waals surface area contributed by atoms with Crippen molar-refractivity contribution in [2.75, 3.05) is 5.84 Å². The lowest BCUT2D eigenvalue weighted by molar-refractivity contribution is -0.120. The molecule has 2 rings (SSSR count). The van der Waals surface area contributed by atoms with Crippen molar-refractivity contribution < 1.29 is 4.79 Å². The minimum atomic E-state index is -0.210. The third-order valence-electron chi connectivity index (χ3n) is 2.46. The van der Waals surface area contributed by atoms with Crippen molar-refractivity contribution in [3.05, 3.63) is 41.7 Å². The molecule has 8 heteroatoms. The Morgan fingerprint density at radius 3 is 2.58 bits per heavy atom. The van der Waals surface area contributed by atoms with E-state index in [1.807, 2.05) is 24.3 Å². The summed E-state index contributed by atoms with van der Waals surface area (Å²) in [4.78, 5) is 11.1. The molecule has 0 bridgehead atoms. The van der Waals surface area contributed by atoms with E-state index >= 15 is 0 Å². The van der Waals surface area contributed by atoms with Crippen LogP contribution in [0.1, 0.15) is 11.1 Å². The summed E-state index contributed by atoms with van der Waals surface area (Å²) in [6.07, 6.45) is 1.73. The second kappa shape index (κ2) is 6.21. The van der Waals surface area contributed by atoms with Crippen molar-refractivity contribution in [2.24, 2.45) is 5.84 Å². The van der Waals surface area contributed by atoms with Crippen LogP contribution in [0.25, 0.3) is 0 Å². The van der Waals surface area contributed by atoms with Crippen molar-refractivity contribution in [3.8, 4) is 0 Å². The number of hydrogen-bond donors (Lipinski definition) is 3. The molecule has 0 fully saturated rings. The zero-order valence-corrected chi connectivity index (χ0v) is 10.9. The number of carbonyl (C=O) groups is 1. The summed E-state index contributed by atoms with van der Waals surface area (Å²) in [6, 6.07) is 7.73. The zero-order valence-electron chi connectivity index (χ0n) is 10.1.